The number of benzene rings is 1. The smallest absolute Gasteiger partial charge is 0.269 e. The number of hydrogen-bond donors (Lipinski definition) is 1. The number of nitrogens with zero attached hydrogens (tertiary/aromatic N) is 4. The largest absolute Gasteiger partial charge is 0.435 e. The molecule has 0 radical (unpaired) electrons. The van der Waals surface area contributed by atoms with E-state index in [2.05, 4.69) is 19.9 Å². The van der Waals surface area contributed by atoms with Crippen LogP contribution < -0.4 is 10.5 Å². The Hall–Kier alpha value is -3.10. The summed E-state index contributed by atoms with van der Waals surface area (Å²) < 4.78 is 11.3. The van der Waals surface area contributed by atoms with E-state index in [4.69, 9.17) is 15.2 Å². The zero-order valence-corrected chi connectivity index (χ0v) is 14.7. The number of fused-ring (bicyclic) bond motifs is 1. The zero-order chi connectivity index (χ0) is 18.6. The highest BCUT2D eigenvalue weighted by molar-refractivity contribution is 5.90. The van der Waals surface area contributed by atoms with Gasteiger partial charge in [-0.15, -0.1) is 0 Å². The highest BCUT2D eigenvalue weighted by Gasteiger charge is 2.15. The molecular weight excluding hydrogens is 346 g/mol. The van der Waals surface area contributed by atoms with Crippen LogP contribution in [0.1, 0.15) is 16.1 Å². The molecule has 2 N–H and O–H groups in total. The van der Waals surface area contributed by atoms with Gasteiger partial charge in [-0.3, -0.25) is 19.7 Å². The lowest BCUT2D eigenvalue weighted by atomic mass is 10.1. The van der Waals surface area contributed by atoms with E-state index < -0.39 is 5.91 Å². The summed E-state index contributed by atoms with van der Waals surface area (Å²) in [4.78, 5) is 26.2. The third-order valence-corrected chi connectivity index (χ3v) is 4.40. The number of morpholine rings is 1. The van der Waals surface area contributed by atoms with Gasteiger partial charge in [0.25, 0.3) is 5.91 Å². The molecule has 3 heterocycles. The van der Waals surface area contributed by atoms with Crippen LogP contribution in [0.5, 0.6) is 11.6 Å². The van der Waals surface area contributed by atoms with Crippen LogP contribution in [-0.2, 0) is 11.3 Å². The normalized spacial score (nSPS) is 15.0. The third kappa shape index (κ3) is 3.86. The van der Waals surface area contributed by atoms with Gasteiger partial charge in [-0.25, -0.2) is 4.98 Å². The van der Waals surface area contributed by atoms with E-state index in [1.165, 1.54) is 18.0 Å². The molecule has 8 heteroatoms. The first-order valence-corrected chi connectivity index (χ1v) is 8.67. The second-order valence-electron chi connectivity index (χ2n) is 6.22. The van der Waals surface area contributed by atoms with Crippen LogP contribution >= 0.6 is 0 Å². The predicted octanol–water partition coefficient (Wildman–Crippen LogP) is 1.75. The van der Waals surface area contributed by atoms with Gasteiger partial charge in [0.05, 0.1) is 25.6 Å². The van der Waals surface area contributed by atoms with Crippen molar-refractivity contribution >= 4 is 16.8 Å². The van der Waals surface area contributed by atoms with Gasteiger partial charge in [-0.1, -0.05) is 12.1 Å². The van der Waals surface area contributed by atoms with Gasteiger partial charge in [0, 0.05) is 31.2 Å². The van der Waals surface area contributed by atoms with Crippen LogP contribution in [0.15, 0.2) is 42.9 Å². The van der Waals surface area contributed by atoms with E-state index in [0.29, 0.717) is 5.75 Å². The lowest BCUT2D eigenvalue weighted by Gasteiger charge is -2.27. The second kappa shape index (κ2) is 7.65. The number of carbonyl (C=O) groups excluding carboxylic acids is 1. The van der Waals surface area contributed by atoms with E-state index in [-0.39, 0.29) is 11.6 Å². The molecule has 0 bridgehead atoms. The average Bonchev–Trinajstić information content (AvgIpc) is 2.71. The summed E-state index contributed by atoms with van der Waals surface area (Å²) in [7, 11) is 0. The molecule has 138 valence electrons. The van der Waals surface area contributed by atoms with Crippen molar-refractivity contribution in [3.05, 3.63) is 54.1 Å². The number of primary amides is 1. The molecule has 0 spiro atoms. The summed E-state index contributed by atoms with van der Waals surface area (Å²) in [5, 5.41) is 1.01. The van der Waals surface area contributed by atoms with Crippen molar-refractivity contribution in [2.75, 3.05) is 26.3 Å². The van der Waals surface area contributed by atoms with Crippen molar-refractivity contribution in [3.63, 3.8) is 0 Å². The molecule has 1 amide bonds. The van der Waals surface area contributed by atoms with Gasteiger partial charge in [0.2, 0.25) is 5.88 Å². The van der Waals surface area contributed by atoms with Crippen LogP contribution in [0.25, 0.3) is 10.9 Å². The van der Waals surface area contributed by atoms with Crippen LogP contribution in [0.4, 0.5) is 0 Å². The molecule has 1 fully saturated rings. The molecule has 27 heavy (non-hydrogen) atoms. The lowest BCUT2D eigenvalue weighted by molar-refractivity contribution is 0.0343. The Bertz CT molecular complexity index is 972. The summed E-state index contributed by atoms with van der Waals surface area (Å²) >= 11 is 0. The van der Waals surface area contributed by atoms with E-state index in [1.54, 1.807) is 6.20 Å². The van der Waals surface area contributed by atoms with Gasteiger partial charge < -0.3 is 15.2 Å². The number of ether oxygens (including phenoxy) is 2. The summed E-state index contributed by atoms with van der Waals surface area (Å²) in [6, 6.07) is 7.82. The Morgan fingerprint density at radius 3 is 2.89 bits per heavy atom. The van der Waals surface area contributed by atoms with Crippen molar-refractivity contribution < 1.29 is 14.3 Å². The number of carbonyl (C=O) groups is 1. The molecular formula is C19H19N5O3. The maximum Gasteiger partial charge on any atom is 0.269 e. The number of pyridine rings is 1. The van der Waals surface area contributed by atoms with Crippen molar-refractivity contribution in [2.45, 2.75) is 6.54 Å². The molecule has 8 nitrogen and oxygen atoms in total. The Morgan fingerprint density at radius 1 is 1.22 bits per heavy atom. The number of aromatic nitrogens is 3. The first-order valence-electron chi connectivity index (χ1n) is 8.67. The lowest BCUT2D eigenvalue weighted by Crippen LogP contribution is -2.35. The van der Waals surface area contributed by atoms with E-state index in [1.807, 2.05) is 24.3 Å². The van der Waals surface area contributed by atoms with Gasteiger partial charge in [0.15, 0.2) is 5.75 Å². The molecule has 1 aliphatic rings. The summed E-state index contributed by atoms with van der Waals surface area (Å²) in [5.41, 5.74) is 7.20. The molecule has 0 atom stereocenters. The summed E-state index contributed by atoms with van der Waals surface area (Å²) in [6.45, 7) is 4.16. The molecule has 1 saturated heterocycles. The van der Waals surface area contributed by atoms with Crippen molar-refractivity contribution in [1.29, 1.82) is 0 Å². The van der Waals surface area contributed by atoms with Crippen LogP contribution in [0.2, 0.25) is 0 Å². The maximum absolute atomic E-state index is 11.3. The zero-order valence-electron chi connectivity index (χ0n) is 14.7. The molecule has 3 aromatic rings. The molecule has 0 unspecified atom stereocenters. The molecule has 1 aliphatic heterocycles. The maximum atomic E-state index is 11.3. The van der Waals surface area contributed by atoms with Crippen LogP contribution in [-0.4, -0.2) is 52.1 Å². The summed E-state index contributed by atoms with van der Waals surface area (Å²) in [6.07, 6.45) is 4.46. The second-order valence-corrected chi connectivity index (χ2v) is 6.22. The number of nitrogens with two attached hydrogens (primary N) is 1. The molecule has 0 aliphatic carbocycles. The van der Waals surface area contributed by atoms with Gasteiger partial charge in [-0.2, -0.15) is 0 Å². The third-order valence-electron chi connectivity index (χ3n) is 4.40. The Morgan fingerprint density at radius 2 is 2.07 bits per heavy atom. The van der Waals surface area contributed by atoms with Crippen LogP contribution in [0, 0.1) is 0 Å². The van der Waals surface area contributed by atoms with Gasteiger partial charge in [0.1, 0.15) is 11.2 Å². The average molecular weight is 365 g/mol. The first-order chi connectivity index (χ1) is 13.2. The first kappa shape index (κ1) is 17.3. The van der Waals surface area contributed by atoms with Crippen molar-refractivity contribution in [1.82, 2.24) is 19.9 Å². The minimum Gasteiger partial charge on any atom is -0.435 e. The monoisotopic (exact) mass is 365 g/mol. The quantitative estimate of drug-likeness (QED) is 0.734. The Labute approximate surface area is 156 Å². The highest BCUT2D eigenvalue weighted by atomic mass is 16.5. The summed E-state index contributed by atoms with van der Waals surface area (Å²) in [5.74, 6) is 0.0863. The molecule has 4 rings (SSSR count). The van der Waals surface area contributed by atoms with Crippen molar-refractivity contribution in [3.8, 4) is 11.6 Å². The standard InChI is InChI=1S/C19H19N5O3/c20-19(25)15-10-21-11-17(23-15)27-16-4-3-13(12-24-6-8-26-9-7-24)14-2-1-5-22-18(14)16/h1-5,10-11H,6-9,12H2,(H2,20,25). The number of hydrogen-bond acceptors (Lipinski definition) is 7. The van der Waals surface area contributed by atoms with Gasteiger partial charge >= 0.3 is 0 Å². The highest BCUT2D eigenvalue weighted by Crippen LogP contribution is 2.30. The number of rotatable bonds is 5. The minimum absolute atomic E-state index is 0.0497. The predicted molar refractivity (Wildman–Crippen MR) is 98.5 cm³/mol. The SMILES string of the molecule is NC(=O)c1cncc(Oc2ccc(CN3CCOCC3)c3cccnc23)n1. The van der Waals surface area contributed by atoms with E-state index in [0.717, 1.165) is 43.8 Å². The fourth-order valence-electron chi connectivity index (χ4n) is 3.05. The fourth-order valence-corrected chi connectivity index (χ4v) is 3.05. The van der Waals surface area contributed by atoms with Gasteiger partial charge in [-0.05, 0) is 17.7 Å². The topological polar surface area (TPSA) is 103 Å². The fraction of sp³-hybridized carbons (Fsp3) is 0.263. The van der Waals surface area contributed by atoms with E-state index >= 15 is 0 Å². The van der Waals surface area contributed by atoms with Crippen molar-refractivity contribution in [2.24, 2.45) is 5.73 Å². The molecule has 1 aromatic carbocycles. The molecule has 2 aromatic heterocycles. The van der Waals surface area contributed by atoms with Crippen LogP contribution in [0.3, 0.4) is 0 Å². The Kier molecular flexibility index (Phi) is 4.91. The number of amides is 1. The van der Waals surface area contributed by atoms with E-state index in [9.17, 15) is 4.79 Å². The molecule has 0 saturated carbocycles. The minimum atomic E-state index is -0.656. The Balaban J connectivity index is 1.65.